The largest absolute Gasteiger partial charge is 0.205 e. The zero-order valence-electron chi connectivity index (χ0n) is 21.9. The van der Waals surface area contributed by atoms with Gasteiger partial charge in [-0.15, -0.1) is 0 Å². The van der Waals surface area contributed by atoms with Crippen molar-refractivity contribution in [2.24, 2.45) is 17.8 Å². The maximum atomic E-state index is 13.8. The van der Waals surface area contributed by atoms with Gasteiger partial charge < -0.3 is 0 Å². The van der Waals surface area contributed by atoms with Crippen LogP contribution >= 0.6 is 11.6 Å². The molecule has 0 unspecified atom stereocenters. The molecule has 2 fully saturated rings. The van der Waals surface area contributed by atoms with Crippen molar-refractivity contribution < 1.29 is 4.39 Å². The second-order valence-electron chi connectivity index (χ2n) is 11.6. The maximum absolute atomic E-state index is 13.8. The predicted octanol–water partition coefficient (Wildman–Crippen LogP) is 11.4. The van der Waals surface area contributed by atoms with Crippen molar-refractivity contribution in [1.29, 1.82) is 0 Å². The Hall–Kier alpha value is -1.34. The smallest absolute Gasteiger partial charge is 0.142 e. The Morgan fingerprint density at radius 1 is 0.657 bits per heavy atom. The lowest BCUT2D eigenvalue weighted by Gasteiger charge is -2.32. The number of hydrogen-bond donors (Lipinski definition) is 0. The van der Waals surface area contributed by atoms with Crippen LogP contribution in [0, 0.1) is 23.6 Å². The van der Waals surface area contributed by atoms with Crippen LogP contribution in [0.2, 0.25) is 5.02 Å². The molecule has 2 saturated carbocycles. The summed E-state index contributed by atoms with van der Waals surface area (Å²) in [4.78, 5) is 0. The number of hydrogen-bond acceptors (Lipinski definition) is 0. The molecule has 0 radical (unpaired) electrons. The Bertz CT molecular complexity index is 872. The van der Waals surface area contributed by atoms with Crippen molar-refractivity contribution >= 4 is 11.6 Å². The lowest BCUT2D eigenvalue weighted by Crippen LogP contribution is -2.17. The number of benzene rings is 2. The summed E-state index contributed by atoms with van der Waals surface area (Å²) in [6.45, 7) is 2.31. The summed E-state index contributed by atoms with van der Waals surface area (Å²) in [6.07, 6.45) is 23.0. The first-order chi connectivity index (χ1) is 17.1. The van der Waals surface area contributed by atoms with Crippen LogP contribution in [0.15, 0.2) is 42.5 Å². The summed E-state index contributed by atoms with van der Waals surface area (Å²) < 4.78 is 13.8. The van der Waals surface area contributed by atoms with Gasteiger partial charge >= 0.3 is 0 Å². The average Bonchev–Trinajstić information content (AvgIpc) is 2.90. The normalized spacial score (nSPS) is 25.0. The van der Waals surface area contributed by atoms with Gasteiger partial charge in [0.2, 0.25) is 0 Å². The maximum Gasteiger partial charge on any atom is 0.142 e. The second kappa shape index (κ2) is 13.8. The lowest BCUT2D eigenvalue weighted by molar-refractivity contribution is 0.222. The van der Waals surface area contributed by atoms with Crippen molar-refractivity contribution in [3.63, 3.8) is 0 Å². The lowest BCUT2D eigenvalue weighted by atomic mass is 9.74. The molecule has 2 aliphatic rings. The van der Waals surface area contributed by atoms with Gasteiger partial charge in [-0.25, -0.2) is 4.39 Å². The highest BCUT2D eigenvalue weighted by Gasteiger charge is 2.25. The molecule has 35 heavy (non-hydrogen) atoms. The molecule has 2 aromatic rings. The van der Waals surface area contributed by atoms with E-state index in [2.05, 4.69) is 31.2 Å². The summed E-state index contributed by atoms with van der Waals surface area (Å²) in [5, 5.41) is 0.183. The zero-order chi connectivity index (χ0) is 24.5. The Morgan fingerprint density at radius 3 is 1.80 bits per heavy atom. The third kappa shape index (κ3) is 8.08. The van der Waals surface area contributed by atoms with Crippen molar-refractivity contribution in [3.05, 3.63) is 58.9 Å². The van der Waals surface area contributed by atoms with Crippen molar-refractivity contribution in [2.75, 3.05) is 0 Å². The van der Waals surface area contributed by atoms with Gasteiger partial charge in [-0.2, -0.15) is 0 Å². The quantitative estimate of drug-likeness (QED) is 0.271. The number of rotatable bonds is 11. The number of unbranched alkanes of at least 4 members (excludes halogenated alkanes) is 4. The monoisotopic (exact) mass is 496 g/mol. The van der Waals surface area contributed by atoms with Gasteiger partial charge in [0.15, 0.2) is 0 Å². The second-order valence-corrected chi connectivity index (χ2v) is 12.0. The molecule has 0 heterocycles. The highest BCUT2D eigenvalue weighted by Crippen LogP contribution is 2.40. The van der Waals surface area contributed by atoms with Gasteiger partial charge in [-0.05, 0) is 78.2 Å². The van der Waals surface area contributed by atoms with E-state index in [1.54, 1.807) is 6.07 Å². The van der Waals surface area contributed by atoms with Crippen molar-refractivity contribution in [3.8, 4) is 11.1 Å². The Labute approximate surface area is 219 Å². The number of halogens is 2. The van der Waals surface area contributed by atoms with E-state index < -0.39 is 0 Å². The zero-order valence-corrected chi connectivity index (χ0v) is 22.7. The molecular formula is C33H46ClF. The molecule has 0 atom stereocenters. The highest BCUT2D eigenvalue weighted by molar-refractivity contribution is 6.30. The van der Waals surface area contributed by atoms with Crippen LogP contribution in [0.4, 0.5) is 4.39 Å². The van der Waals surface area contributed by atoms with Gasteiger partial charge in [0, 0.05) is 0 Å². The average molecular weight is 497 g/mol. The topological polar surface area (TPSA) is 0 Å². The molecule has 0 bridgehead atoms. The van der Waals surface area contributed by atoms with Crippen LogP contribution < -0.4 is 0 Å². The molecule has 0 aliphatic heterocycles. The molecule has 0 spiro atoms. The molecule has 2 heteroatoms. The van der Waals surface area contributed by atoms with Gasteiger partial charge in [-0.1, -0.05) is 126 Å². The van der Waals surface area contributed by atoms with Crippen molar-refractivity contribution in [1.82, 2.24) is 0 Å². The van der Waals surface area contributed by atoms with E-state index in [4.69, 9.17) is 11.6 Å². The highest BCUT2D eigenvalue weighted by atomic mass is 35.5. The molecule has 0 nitrogen and oxygen atoms in total. The van der Waals surface area contributed by atoms with Crippen LogP contribution in [0.5, 0.6) is 0 Å². The third-order valence-corrected chi connectivity index (χ3v) is 9.45. The van der Waals surface area contributed by atoms with Gasteiger partial charge in [0.1, 0.15) is 5.82 Å². The first-order valence-electron chi connectivity index (χ1n) is 14.7. The first kappa shape index (κ1) is 26.7. The third-order valence-electron chi connectivity index (χ3n) is 9.15. The summed E-state index contributed by atoms with van der Waals surface area (Å²) in [7, 11) is 0. The van der Waals surface area contributed by atoms with Gasteiger partial charge in [-0.3, -0.25) is 0 Å². The molecule has 2 aromatic carbocycles. The van der Waals surface area contributed by atoms with E-state index in [1.807, 2.05) is 6.07 Å². The fourth-order valence-corrected chi connectivity index (χ4v) is 6.84. The fourth-order valence-electron chi connectivity index (χ4n) is 6.72. The Balaban J connectivity index is 1.13. The van der Waals surface area contributed by atoms with E-state index >= 15 is 0 Å². The minimum absolute atomic E-state index is 0.183. The van der Waals surface area contributed by atoms with Crippen LogP contribution in [-0.4, -0.2) is 0 Å². The summed E-state index contributed by atoms with van der Waals surface area (Å²) in [6, 6.07) is 13.9. The molecule has 0 amide bonds. The van der Waals surface area contributed by atoms with Gasteiger partial charge in [0.05, 0.1) is 5.02 Å². The molecule has 0 aromatic heterocycles. The van der Waals surface area contributed by atoms with E-state index in [0.717, 1.165) is 28.9 Å². The Kier molecular flexibility index (Phi) is 10.6. The summed E-state index contributed by atoms with van der Waals surface area (Å²) in [5.41, 5.74) is 3.40. The summed E-state index contributed by atoms with van der Waals surface area (Å²) in [5.74, 6) is 3.33. The van der Waals surface area contributed by atoms with Crippen LogP contribution in [-0.2, 0) is 0 Å². The van der Waals surface area contributed by atoms with E-state index in [-0.39, 0.29) is 10.8 Å². The van der Waals surface area contributed by atoms with Crippen LogP contribution in [0.3, 0.4) is 0 Å². The molecule has 4 rings (SSSR count). The molecule has 192 valence electrons. The molecule has 2 aliphatic carbocycles. The minimum Gasteiger partial charge on any atom is -0.205 e. The molecule has 0 N–H and O–H groups in total. The van der Waals surface area contributed by atoms with Crippen LogP contribution in [0.1, 0.15) is 121 Å². The Morgan fingerprint density at radius 2 is 1.20 bits per heavy atom. The van der Waals surface area contributed by atoms with Crippen LogP contribution in [0.25, 0.3) is 11.1 Å². The standard InChI is InChI=1S/C33H46ClF/c1-2-3-4-5-6-7-25-8-10-26(11-9-25)12-13-27-14-16-28(17-15-27)29-18-20-30(21-19-29)31-22-23-32(34)33(35)24-31/h18-28H,2-17H2,1H3/t25-,26-,27-,28-. The predicted molar refractivity (Wildman–Crippen MR) is 150 cm³/mol. The summed E-state index contributed by atoms with van der Waals surface area (Å²) >= 11 is 5.83. The molecule has 0 saturated heterocycles. The minimum atomic E-state index is -0.350. The molecular weight excluding hydrogens is 451 g/mol. The van der Waals surface area contributed by atoms with E-state index in [0.29, 0.717) is 5.92 Å². The van der Waals surface area contributed by atoms with Gasteiger partial charge in [0.25, 0.3) is 0 Å². The first-order valence-corrected chi connectivity index (χ1v) is 15.1. The van der Waals surface area contributed by atoms with Crippen molar-refractivity contribution in [2.45, 2.75) is 116 Å². The van der Waals surface area contributed by atoms with E-state index in [9.17, 15) is 4.39 Å². The van der Waals surface area contributed by atoms with E-state index in [1.165, 1.54) is 114 Å². The fraction of sp³-hybridized carbons (Fsp3) is 0.636. The SMILES string of the molecule is CCCCCCC[C@H]1CC[C@H](CC[C@H]2CC[C@H](c3ccc(-c4ccc(Cl)c(F)c4)cc3)CC2)CC1.